The van der Waals surface area contributed by atoms with Crippen LogP contribution in [0.1, 0.15) is 80.1 Å². The van der Waals surface area contributed by atoms with Crippen molar-refractivity contribution in [2.24, 2.45) is 34.5 Å². The summed E-state index contributed by atoms with van der Waals surface area (Å²) in [6.07, 6.45) is 8.89. The lowest BCUT2D eigenvalue weighted by Gasteiger charge is -2.66. The molecule has 4 unspecified atom stereocenters. The van der Waals surface area contributed by atoms with Gasteiger partial charge in [0.2, 0.25) is 0 Å². The van der Waals surface area contributed by atoms with Crippen LogP contribution in [0.2, 0.25) is 10.6 Å². The van der Waals surface area contributed by atoms with Crippen LogP contribution in [0, 0.1) is 34.5 Å². The Labute approximate surface area is 133 Å². The van der Waals surface area contributed by atoms with E-state index in [2.05, 4.69) is 48.8 Å². The van der Waals surface area contributed by atoms with Crippen molar-refractivity contribution in [1.29, 1.82) is 0 Å². The van der Waals surface area contributed by atoms with Gasteiger partial charge in [-0.25, -0.2) is 0 Å². The van der Waals surface area contributed by atoms with Crippen molar-refractivity contribution in [2.45, 2.75) is 90.7 Å². The molecule has 6 saturated carbocycles. The van der Waals surface area contributed by atoms with E-state index in [9.17, 15) is 0 Å². The van der Waals surface area contributed by atoms with Crippen molar-refractivity contribution in [2.75, 3.05) is 0 Å². The quantitative estimate of drug-likeness (QED) is 0.549. The van der Waals surface area contributed by atoms with E-state index in [1.165, 1.54) is 38.5 Å². The Balaban J connectivity index is 1.45. The molecule has 117 valence electrons. The van der Waals surface area contributed by atoms with E-state index in [0.717, 1.165) is 23.7 Å². The highest BCUT2D eigenvalue weighted by Crippen LogP contribution is 2.71. The summed E-state index contributed by atoms with van der Waals surface area (Å²) in [6.45, 7) is 15.2. The molecular formula is C20H34B. The topological polar surface area (TPSA) is 0 Å². The fourth-order valence-corrected chi connectivity index (χ4v) is 7.13. The Bertz CT molecular complexity index is 390. The molecule has 0 N–H and O–H groups in total. The van der Waals surface area contributed by atoms with Gasteiger partial charge in [-0.2, -0.15) is 0 Å². The van der Waals surface area contributed by atoms with Crippen molar-refractivity contribution < 1.29 is 0 Å². The summed E-state index contributed by atoms with van der Waals surface area (Å²) in [5, 5.41) is 1.07. The molecule has 1 heteroatoms. The molecule has 0 nitrogen and oxygen atoms in total. The minimum Gasteiger partial charge on any atom is -0.0668 e. The van der Waals surface area contributed by atoms with Crippen LogP contribution in [-0.2, 0) is 0 Å². The summed E-state index contributed by atoms with van der Waals surface area (Å²) in [7, 11) is 2.86. The molecule has 6 aliphatic carbocycles. The average Bonchev–Trinajstić information content (AvgIpc) is 2.37. The third-order valence-electron chi connectivity index (χ3n) is 8.89. The molecule has 21 heavy (non-hydrogen) atoms. The first kappa shape index (κ1) is 14.6. The molecular weight excluding hydrogens is 251 g/mol. The fourth-order valence-electron chi connectivity index (χ4n) is 7.13. The number of rotatable bonds is 2. The summed E-state index contributed by atoms with van der Waals surface area (Å²) < 4.78 is 0. The van der Waals surface area contributed by atoms with Crippen molar-refractivity contribution in [1.82, 2.24) is 0 Å². The lowest BCUT2D eigenvalue weighted by molar-refractivity contribution is -0.0911. The predicted molar refractivity (Wildman–Crippen MR) is 91.7 cm³/mol. The van der Waals surface area contributed by atoms with Gasteiger partial charge in [0.1, 0.15) is 7.28 Å². The first-order valence-corrected chi connectivity index (χ1v) is 9.41. The third-order valence-corrected chi connectivity index (χ3v) is 8.89. The van der Waals surface area contributed by atoms with Crippen molar-refractivity contribution in [3.05, 3.63) is 0 Å². The van der Waals surface area contributed by atoms with Crippen molar-refractivity contribution >= 4 is 7.28 Å². The second kappa shape index (κ2) is 3.93. The van der Waals surface area contributed by atoms with Gasteiger partial charge in [-0.3, -0.25) is 0 Å². The Morgan fingerprint density at radius 2 is 0.857 bits per heavy atom. The zero-order valence-electron chi connectivity index (χ0n) is 15.1. The van der Waals surface area contributed by atoms with Crippen LogP contribution < -0.4 is 0 Å². The number of hydrogen-bond acceptors (Lipinski definition) is 0. The highest BCUT2D eigenvalue weighted by molar-refractivity contribution is 6.44. The molecule has 6 fully saturated rings. The van der Waals surface area contributed by atoms with Gasteiger partial charge in [-0.15, -0.1) is 0 Å². The first-order valence-electron chi connectivity index (χ1n) is 9.41. The molecule has 0 amide bonds. The van der Waals surface area contributed by atoms with Crippen LogP contribution in [0.3, 0.4) is 0 Å². The summed E-state index contributed by atoms with van der Waals surface area (Å²) in [6, 6.07) is 0. The van der Waals surface area contributed by atoms with Gasteiger partial charge in [-0.05, 0) is 47.3 Å². The SMILES string of the molecule is CC1([B]C2(C)CC3CC(C2)C3(C)C)CC2CC(C1)C2(C)C. The van der Waals surface area contributed by atoms with E-state index in [-0.39, 0.29) is 0 Å². The summed E-state index contributed by atoms with van der Waals surface area (Å²) >= 11 is 0. The standard InChI is InChI=1S/C20H34B/c1-17(2)13-7-14(17)10-19(5,9-13)21-20(6)11-15-8-16(12-20)18(15,3)4/h13-16H,7-12H2,1-6H3. The Morgan fingerprint density at radius 3 is 1.10 bits per heavy atom. The molecule has 0 aromatic heterocycles. The van der Waals surface area contributed by atoms with Crippen LogP contribution in [0.4, 0.5) is 0 Å². The van der Waals surface area contributed by atoms with Crippen LogP contribution >= 0.6 is 0 Å². The molecule has 0 spiro atoms. The number of fused-ring (bicyclic) bond motifs is 4. The van der Waals surface area contributed by atoms with E-state index < -0.39 is 0 Å². The third kappa shape index (κ3) is 1.94. The van der Waals surface area contributed by atoms with E-state index in [1.807, 2.05) is 0 Å². The zero-order valence-corrected chi connectivity index (χ0v) is 15.1. The summed E-state index contributed by atoms with van der Waals surface area (Å²) in [5.74, 6) is 3.98. The van der Waals surface area contributed by atoms with E-state index in [0.29, 0.717) is 21.5 Å². The molecule has 6 aliphatic rings. The van der Waals surface area contributed by atoms with Crippen LogP contribution in [0.5, 0.6) is 0 Å². The van der Waals surface area contributed by atoms with Gasteiger partial charge in [0.15, 0.2) is 0 Å². The smallest absolute Gasteiger partial charge is 0.0668 e. The molecule has 4 atom stereocenters. The van der Waals surface area contributed by atoms with E-state index in [1.54, 1.807) is 0 Å². The molecule has 4 bridgehead atoms. The van der Waals surface area contributed by atoms with Gasteiger partial charge in [0, 0.05) is 0 Å². The van der Waals surface area contributed by atoms with Gasteiger partial charge in [0.05, 0.1) is 0 Å². The predicted octanol–water partition coefficient (Wildman–Crippen LogP) is 5.96. The van der Waals surface area contributed by atoms with Crippen molar-refractivity contribution in [3.63, 3.8) is 0 Å². The summed E-state index contributed by atoms with van der Waals surface area (Å²) in [5.41, 5.74) is 1.29. The molecule has 0 aromatic rings. The Hall–Kier alpha value is 0.0649. The molecule has 0 saturated heterocycles. The van der Waals surface area contributed by atoms with Crippen molar-refractivity contribution in [3.8, 4) is 0 Å². The second-order valence-corrected chi connectivity index (χ2v) is 11.2. The van der Waals surface area contributed by atoms with Gasteiger partial charge < -0.3 is 0 Å². The number of hydrogen-bond donors (Lipinski definition) is 0. The van der Waals surface area contributed by atoms with Crippen LogP contribution in [0.25, 0.3) is 0 Å². The highest BCUT2D eigenvalue weighted by atomic mass is 14.6. The lowest BCUT2D eigenvalue weighted by atomic mass is 9.26. The normalized spacial score (nSPS) is 56.1. The Kier molecular flexibility index (Phi) is 2.74. The lowest BCUT2D eigenvalue weighted by Crippen LogP contribution is -2.56. The van der Waals surface area contributed by atoms with Gasteiger partial charge in [-0.1, -0.05) is 77.9 Å². The zero-order chi connectivity index (χ0) is 15.3. The maximum Gasteiger partial charge on any atom is 0.125 e. The molecule has 1 radical (unpaired) electrons. The molecule has 0 aliphatic heterocycles. The maximum absolute atomic E-state index is 2.86. The Morgan fingerprint density at radius 1 is 0.571 bits per heavy atom. The largest absolute Gasteiger partial charge is 0.125 e. The van der Waals surface area contributed by atoms with Crippen LogP contribution in [-0.4, -0.2) is 7.28 Å². The molecule has 6 rings (SSSR count). The van der Waals surface area contributed by atoms with Crippen LogP contribution in [0.15, 0.2) is 0 Å². The van der Waals surface area contributed by atoms with E-state index >= 15 is 0 Å². The minimum absolute atomic E-state index is 0.534. The van der Waals surface area contributed by atoms with E-state index in [4.69, 9.17) is 0 Å². The molecule has 0 heterocycles. The monoisotopic (exact) mass is 285 g/mol. The highest BCUT2D eigenvalue weighted by Gasteiger charge is 2.60. The summed E-state index contributed by atoms with van der Waals surface area (Å²) in [4.78, 5) is 0. The maximum atomic E-state index is 2.86. The fraction of sp³-hybridized carbons (Fsp3) is 1.00. The minimum atomic E-state index is 0.534. The van der Waals surface area contributed by atoms with Gasteiger partial charge in [0.25, 0.3) is 0 Å². The second-order valence-electron chi connectivity index (χ2n) is 11.2. The first-order chi connectivity index (χ1) is 9.54. The average molecular weight is 285 g/mol. The molecule has 0 aromatic carbocycles. The van der Waals surface area contributed by atoms with Gasteiger partial charge >= 0.3 is 0 Å².